The van der Waals surface area contributed by atoms with Crippen LogP contribution in [0, 0.1) is 0 Å². The topological polar surface area (TPSA) is 29.3 Å². The Morgan fingerprint density at radius 1 is 1.35 bits per heavy atom. The second-order valence-electron chi connectivity index (χ2n) is 4.59. The van der Waals surface area contributed by atoms with Crippen LogP contribution in [0.2, 0.25) is 0 Å². The molecule has 2 nitrogen and oxygen atoms in total. The van der Waals surface area contributed by atoms with Crippen molar-refractivity contribution >= 4 is 17.4 Å². The van der Waals surface area contributed by atoms with Gasteiger partial charge in [-0.25, -0.2) is 0 Å². The molecule has 0 spiro atoms. The summed E-state index contributed by atoms with van der Waals surface area (Å²) in [6.07, 6.45) is 4.40. The summed E-state index contributed by atoms with van der Waals surface area (Å²) in [7, 11) is 2.20. The third-order valence-electron chi connectivity index (χ3n) is 3.17. The lowest BCUT2D eigenvalue weighted by atomic mass is 10.1. The van der Waals surface area contributed by atoms with Crippen LogP contribution < -0.4 is 5.73 Å². The standard InChI is InChI=1S/C14H24N2S/c1-12(11-17-3)16(2)10-6-8-13-7-4-5-9-14(13)15/h4-5,7,9,12H,6,8,10-11,15H2,1-3H3. The quantitative estimate of drug-likeness (QED) is 0.757. The van der Waals surface area contributed by atoms with Crippen LogP contribution in [0.5, 0.6) is 0 Å². The lowest BCUT2D eigenvalue weighted by molar-refractivity contribution is 0.274. The molecule has 0 amide bonds. The third kappa shape index (κ3) is 5.00. The Bertz CT molecular complexity index is 328. The average molecular weight is 252 g/mol. The Hall–Kier alpha value is -0.670. The van der Waals surface area contributed by atoms with Gasteiger partial charge in [0, 0.05) is 17.5 Å². The van der Waals surface area contributed by atoms with E-state index in [-0.39, 0.29) is 0 Å². The Kier molecular flexibility index (Phi) is 6.45. The summed E-state index contributed by atoms with van der Waals surface area (Å²) in [4.78, 5) is 2.43. The largest absolute Gasteiger partial charge is 0.399 e. The number of nitrogens with zero attached hydrogens (tertiary/aromatic N) is 1. The summed E-state index contributed by atoms with van der Waals surface area (Å²) in [5.74, 6) is 1.20. The van der Waals surface area contributed by atoms with Gasteiger partial charge in [0.1, 0.15) is 0 Å². The van der Waals surface area contributed by atoms with Crippen LogP contribution in [0.25, 0.3) is 0 Å². The van der Waals surface area contributed by atoms with Gasteiger partial charge >= 0.3 is 0 Å². The van der Waals surface area contributed by atoms with Crippen LogP contribution in [-0.2, 0) is 6.42 Å². The first-order valence-electron chi connectivity index (χ1n) is 6.17. The van der Waals surface area contributed by atoms with Gasteiger partial charge in [-0.3, -0.25) is 0 Å². The van der Waals surface area contributed by atoms with Gasteiger partial charge < -0.3 is 10.6 Å². The number of benzene rings is 1. The average Bonchev–Trinajstić information content (AvgIpc) is 2.31. The highest BCUT2D eigenvalue weighted by molar-refractivity contribution is 7.98. The zero-order chi connectivity index (χ0) is 12.7. The van der Waals surface area contributed by atoms with Gasteiger partial charge in [0.25, 0.3) is 0 Å². The lowest BCUT2D eigenvalue weighted by Gasteiger charge is -2.23. The summed E-state index contributed by atoms with van der Waals surface area (Å²) in [5.41, 5.74) is 8.13. The van der Waals surface area contributed by atoms with E-state index < -0.39 is 0 Å². The van der Waals surface area contributed by atoms with Crippen molar-refractivity contribution in [1.82, 2.24) is 4.90 Å². The molecule has 0 bridgehead atoms. The van der Waals surface area contributed by atoms with Crippen molar-refractivity contribution in [3.05, 3.63) is 29.8 Å². The van der Waals surface area contributed by atoms with E-state index in [1.807, 2.05) is 23.9 Å². The summed E-state index contributed by atoms with van der Waals surface area (Å²) < 4.78 is 0. The number of hydrogen-bond donors (Lipinski definition) is 1. The van der Waals surface area contributed by atoms with Crippen molar-refractivity contribution in [3.8, 4) is 0 Å². The Labute approximate surface area is 110 Å². The second-order valence-corrected chi connectivity index (χ2v) is 5.50. The molecule has 0 aromatic heterocycles. The van der Waals surface area contributed by atoms with E-state index in [9.17, 15) is 0 Å². The van der Waals surface area contributed by atoms with Crippen LogP contribution in [0.1, 0.15) is 18.9 Å². The maximum absolute atomic E-state index is 5.93. The number of nitrogen functional groups attached to an aromatic ring is 1. The molecule has 3 heteroatoms. The molecule has 0 aliphatic heterocycles. The molecule has 1 aromatic rings. The Morgan fingerprint density at radius 2 is 2.06 bits per heavy atom. The molecule has 0 heterocycles. The number of nitrogens with two attached hydrogens (primary N) is 1. The van der Waals surface area contributed by atoms with Gasteiger partial charge in [0.2, 0.25) is 0 Å². The van der Waals surface area contributed by atoms with Crippen molar-refractivity contribution in [2.45, 2.75) is 25.8 Å². The molecule has 0 radical (unpaired) electrons. The van der Waals surface area contributed by atoms with Crippen LogP contribution in [0.15, 0.2) is 24.3 Å². The monoisotopic (exact) mass is 252 g/mol. The molecule has 0 saturated carbocycles. The number of thioether (sulfide) groups is 1. The van der Waals surface area contributed by atoms with Crippen molar-refractivity contribution in [2.75, 3.05) is 31.3 Å². The van der Waals surface area contributed by atoms with Gasteiger partial charge in [0.05, 0.1) is 0 Å². The molecule has 2 N–H and O–H groups in total. The molecular formula is C14H24N2S. The molecule has 96 valence electrons. The molecule has 1 unspecified atom stereocenters. The van der Waals surface area contributed by atoms with E-state index in [2.05, 4.69) is 37.3 Å². The van der Waals surface area contributed by atoms with Crippen molar-refractivity contribution in [3.63, 3.8) is 0 Å². The number of rotatable bonds is 7. The van der Waals surface area contributed by atoms with Crippen LogP contribution in [0.4, 0.5) is 5.69 Å². The zero-order valence-electron chi connectivity index (χ0n) is 11.1. The molecule has 0 aliphatic carbocycles. The fraction of sp³-hybridized carbons (Fsp3) is 0.571. The number of para-hydroxylation sites is 1. The summed E-state index contributed by atoms with van der Waals surface area (Å²) >= 11 is 1.91. The number of aryl methyl sites for hydroxylation is 1. The van der Waals surface area contributed by atoms with E-state index in [0.29, 0.717) is 6.04 Å². The van der Waals surface area contributed by atoms with Gasteiger partial charge in [-0.15, -0.1) is 0 Å². The van der Waals surface area contributed by atoms with Gasteiger partial charge in [-0.05, 0) is 51.2 Å². The summed E-state index contributed by atoms with van der Waals surface area (Å²) in [5, 5.41) is 0. The zero-order valence-corrected chi connectivity index (χ0v) is 12.0. The predicted octanol–water partition coefficient (Wildman–Crippen LogP) is 2.88. The van der Waals surface area contributed by atoms with E-state index in [1.54, 1.807) is 0 Å². The van der Waals surface area contributed by atoms with Crippen molar-refractivity contribution < 1.29 is 0 Å². The Balaban J connectivity index is 2.30. The first-order valence-corrected chi connectivity index (χ1v) is 7.57. The minimum Gasteiger partial charge on any atom is -0.399 e. The second kappa shape index (κ2) is 7.62. The molecule has 0 saturated heterocycles. The highest BCUT2D eigenvalue weighted by Crippen LogP contribution is 2.13. The third-order valence-corrected chi connectivity index (χ3v) is 3.99. The van der Waals surface area contributed by atoms with E-state index in [0.717, 1.165) is 18.7 Å². The van der Waals surface area contributed by atoms with Crippen LogP contribution in [-0.4, -0.2) is 36.5 Å². The summed E-state index contributed by atoms with van der Waals surface area (Å²) in [6.45, 7) is 3.42. The fourth-order valence-electron chi connectivity index (χ4n) is 1.87. The van der Waals surface area contributed by atoms with Gasteiger partial charge in [-0.2, -0.15) is 11.8 Å². The number of anilines is 1. The lowest BCUT2D eigenvalue weighted by Crippen LogP contribution is -2.32. The van der Waals surface area contributed by atoms with Gasteiger partial charge in [-0.1, -0.05) is 18.2 Å². The van der Waals surface area contributed by atoms with E-state index >= 15 is 0 Å². The van der Waals surface area contributed by atoms with Crippen molar-refractivity contribution in [2.24, 2.45) is 0 Å². The highest BCUT2D eigenvalue weighted by atomic mass is 32.2. The molecule has 0 fully saturated rings. The molecule has 1 aromatic carbocycles. The maximum Gasteiger partial charge on any atom is 0.0346 e. The minimum atomic E-state index is 0.651. The molecule has 17 heavy (non-hydrogen) atoms. The normalized spacial score (nSPS) is 12.9. The maximum atomic E-state index is 5.93. The summed E-state index contributed by atoms with van der Waals surface area (Å²) in [6, 6.07) is 8.81. The SMILES string of the molecule is CSCC(C)N(C)CCCc1ccccc1N. The Morgan fingerprint density at radius 3 is 2.71 bits per heavy atom. The van der Waals surface area contributed by atoms with Crippen LogP contribution in [0.3, 0.4) is 0 Å². The van der Waals surface area contributed by atoms with Crippen molar-refractivity contribution in [1.29, 1.82) is 0 Å². The first-order chi connectivity index (χ1) is 8.15. The molecule has 0 aliphatic rings. The highest BCUT2D eigenvalue weighted by Gasteiger charge is 2.07. The molecular weight excluding hydrogens is 228 g/mol. The first kappa shape index (κ1) is 14.4. The number of hydrogen-bond acceptors (Lipinski definition) is 3. The predicted molar refractivity (Wildman–Crippen MR) is 79.6 cm³/mol. The van der Waals surface area contributed by atoms with Crippen LogP contribution >= 0.6 is 11.8 Å². The molecule has 1 atom stereocenters. The smallest absolute Gasteiger partial charge is 0.0346 e. The van der Waals surface area contributed by atoms with E-state index in [4.69, 9.17) is 5.73 Å². The van der Waals surface area contributed by atoms with E-state index in [1.165, 1.54) is 17.7 Å². The minimum absolute atomic E-state index is 0.651. The van der Waals surface area contributed by atoms with Gasteiger partial charge in [0.15, 0.2) is 0 Å². The molecule has 1 rings (SSSR count). The fourth-order valence-corrected chi connectivity index (χ4v) is 2.61.